The first-order valence-corrected chi connectivity index (χ1v) is 8.12. The van der Waals surface area contributed by atoms with E-state index in [0.29, 0.717) is 24.7 Å². The minimum Gasteiger partial charge on any atom is -0.493 e. The fraction of sp³-hybridized carbons (Fsp3) is 0.444. The van der Waals surface area contributed by atoms with Gasteiger partial charge in [-0.1, -0.05) is 19.9 Å². The van der Waals surface area contributed by atoms with Crippen LogP contribution in [0.25, 0.3) is 0 Å². The van der Waals surface area contributed by atoms with Crippen LogP contribution in [-0.2, 0) is 11.8 Å². The van der Waals surface area contributed by atoms with Gasteiger partial charge in [-0.2, -0.15) is 5.10 Å². The maximum absolute atomic E-state index is 12.1. The van der Waals surface area contributed by atoms with E-state index < -0.39 is 0 Å². The number of carbonyl (C=O) groups is 1. The van der Waals surface area contributed by atoms with Crippen LogP contribution < -0.4 is 14.8 Å². The van der Waals surface area contributed by atoms with E-state index in [-0.39, 0.29) is 11.8 Å². The molecule has 2 aromatic rings. The second-order valence-electron chi connectivity index (χ2n) is 6.49. The summed E-state index contributed by atoms with van der Waals surface area (Å²) in [5.41, 5.74) is 2.04. The summed E-state index contributed by atoms with van der Waals surface area (Å²) >= 11 is 0. The highest BCUT2D eigenvalue weighted by Gasteiger charge is 2.29. The lowest BCUT2D eigenvalue weighted by atomic mass is 9.87. The number of hydrogen-bond donors (Lipinski definition) is 1. The van der Waals surface area contributed by atoms with E-state index >= 15 is 0 Å². The molecule has 1 aromatic carbocycles. The summed E-state index contributed by atoms with van der Waals surface area (Å²) in [7, 11) is 3.45. The van der Waals surface area contributed by atoms with Crippen molar-refractivity contribution in [3.63, 3.8) is 0 Å². The maximum atomic E-state index is 12.1. The summed E-state index contributed by atoms with van der Waals surface area (Å²) in [6, 6.07) is 5.87. The minimum atomic E-state index is -0.0319. The molecule has 1 N–H and O–H groups in total. The molecule has 6 nitrogen and oxygen atoms in total. The fourth-order valence-electron chi connectivity index (χ4n) is 2.92. The number of carbonyl (C=O) groups excluding carboxylic acids is 1. The van der Waals surface area contributed by atoms with Gasteiger partial charge in [-0.05, 0) is 23.6 Å². The minimum absolute atomic E-state index is 0.00444. The first-order valence-electron chi connectivity index (χ1n) is 8.12. The number of benzene rings is 1. The Morgan fingerprint density at radius 3 is 2.88 bits per heavy atom. The summed E-state index contributed by atoms with van der Waals surface area (Å²) in [6.07, 6.45) is 2.21. The average Bonchev–Trinajstić information content (AvgIpc) is 2.93. The van der Waals surface area contributed by atoms with Gasteiger partial charge in [0, 0.05) is 24.9 Å². The van der Waals surface area contributed by atoms with Crippen LogP contribution in [-0.4, -0.2) is 29.4 Å². The Balaban J connectivity index is 1.93. The maximum Gasteiger partial charge on any atom is 0.226 e. The lowest BCUT2D eigenvalue weighted by Gasteiger charge is -2.24. The number of aryl methyl sites for hydroxylation is 1. The van der Waals surface area contributed by atoms with Gasteiger partial charge in [-0.15, -0.1) is 0 Å². The van der Waals surface area contributed by atoms with E-state index in [0.717, 1.165) is 22.7 Å². The molecular weight excluding hydrogens is 306 g/mol. The Morgan fingerprint density at radius 2 is 2.17 bits per heavy atom. The van der Waals surface area contributed by atoms with E-state index in [9.17, 15) is 4.79 Å². The monoisotopic (exact) mass is 329 g/mol. The van der Waals surface area contributed by atoms with Gasteiger partial charge in [-0.3, -0.25) is 9.48 Å². The zero-order valence-electron chi connectivity index (χ0n) is 14.5. The van der Waals surface area contributed by atoms with Crippen molar-refractivity contribution >= 4 is 11.7 Å². The van der Waals surface area contributed by atoms with E-state index in [2.05, 4.69) is 24.3 Å². The standard InChI is InChI=1S/C18H23N3O3/c1-11(2)10-24-15-6-5-12(7-16(15)23-4)13-8-17(22)20-18-14(13)9-19-21(18)3/h5-7,9,11,13H,8,10H2,1-4H3,(H,20,22). The molecule has 1 atom stereocenters. The second kappa shape index (κ2) is 6.55. The van der Waals surface area contributed by atoms with E-state index in [1.165, 1.54) is 0 Å². The predicted molar refractivity (Wildman–Crippen MR) is 91.6 cm³/mol. The normalized spacial score (nSPS) is 16.7. The number of rotatable bonds is 5. The zero-order chi connectivity index (χ0) is 17.3. The van der Waals surface area contributed by atoms with E-state index in [1.54, 1.807) is 11.8 Å². The van der Waals surface area contributed by atoms with Gasteiger partial charge < -0.3 is 14.8 Å². The number of methoxy groups -OCH3 is 1. The van der Waals surface area contributed by atoms with E-state index in [1.807, 2.05) is 31.4 Å². The van der Waals surface area contributed by atoms with Gasteiger partial charge in [-0.25, -0.2) is 0 Å². The number of fused-ring (bicyclic) bond motifs is 1. The van der Waals surface area contributed by atoms with Crippen LogP contribution in [0.3, 0.4) is 0 Å². The number of amides is 1. The summed E-state index contributed by atoms with van der Waals surface area (Å²) in [4.78, 5) is 12.1. The fourth-order valence-corrected chi connectivity index (χ4v) is 2.92. The van der Waals surface area contributed by atoms with Crippen molar-refractivity contribution in [3.05, 3.63) is 35.5 Å². The highest BCUT2D eigenvalue weighted by molar-refractivity contribution is 5.94. The van der Waals surface area contributed by atoms with Crippen molar-refractivity contribution in [2.75, 3.05) is 19.0 Å². The molecule has 0 aliphatic carbocycles. The second-order valence-corrected chi connectivity index (χ2v) is 6.49. The third kappa shape index (κ3) is 3.09. The van der Waals surface area contributed by atoms with Gasteiger partial charge >= 0.3 is 0 Å². The number of ether oxygens (including phenoxy) is 2. The molecule has 6 heteroatoms. The van der Waals surface area contributed by atoms with Crippen LogP contribution in [0.2, 0.25) is 0 Å². The number of hydrogen-bond acceptors (Lipinski definition) is 4. The molecule has 0 bridgehead atoms. The Hall–Kier alpha value is -2.50. The molecule has 0 fully saturated rings. The first kappa shape index (κ1) is 16.4. The molecule has 1 aromatic heterocycles. The van der Waals surface area contributed by atoms with Crippen LogP contribution in [0, 0.1) is 5.92 Å². The lowest BCUT2D eigenvalue weighted by Crippen LogP contribution is -2.24. The van der Waals surface area contributed by atoms with Gasteiger partial charge in [0.1, 0.15) is 5.82 Å². The van der Waals surface area contributed by atoms with Crippen molar-refractivity contribution in [1.82, 2.24) is 9.78 Å². The molecule has 0 saturated carbocycles. The topological polar surface area (TPSA) is 65.4 Å². The Kier molecular flexibility index (Phi) is 4.46. The SMILES string of the molecule is COc1cc(C2CC(=O)Nc3c2cnn3C)ccc1OCC(C)C. The molecule has 1 unspecified atom stereocenters. The zero-order valence-corrected chi connectivity index (χ0v) is 14.5. The number of aromatic nitrogens is 2. The van der Waals surface area contributed by atoms with E-state index in [4.69, 9.17) is 9.47 Å². The van der Waals surface area contributed by atoms with Crippen LogP contribution in [0.5, 0.6) is 11.5 Å². The first-order chi connectivity index (χ1) is 11.5. The highest BCUT2D eigenvalue weighted by atomic mass is 16.5. The molecular formula is C18H23N3O3. The summed E-state index contributed by atoms with van der Waals surface area (Å²) in [5.74, 6) is 2.57. The molecule has 0 saturated heterocycles. The van der Waals surface area contributed by atoms with Crippen LogP contribution in [0.1, 0.15) is 37.3 Å². The van der Waals surface area contributed by atoms with Crippen LogP contribution in [0.4, 0.5) is 5.82 Å². The molecule has 0 spiro atoms. The van der Waals surface area contributed by atoms with Gasteiger partial charge in [0.05, 0.1) is 19.9 Å². The lowest BCUT2D eigenvalue weighted by molar-refractivity contribution is -0.116. The number of nitrogens with one attached hydrogen (secondary N) is 1. The smallest absolute Gasteiger partial charge is 0.226 e. The molecule has 0 radical (unpaired) electrons. The van der Waals surface area contributed by atoms with Gasteiger partial charge in [0.2, 0.25) is 5.91 Å². The molecule has 24 heavy (non-hydrogen) atoms. The predicted octanol–water partition coefficient (Wildman–Crippen LogP) is 2.94. The van der Waals surface area contributed by atoms with Gasteiger partial charge in [0.15, 0.2) is 11.5 Å². The number of anilines is 1. The van der Waals surface area contributed by atoms with Crippen molar-refractivity contribution in [1.29, 1.82) is 0 Å². The Morgan fingerprint density at radius 1 is 1.38 bits per heavy atom. The van der Waals surface area contributed by atoms with Crippen molar-refractivity contribution < 1.29 is 14.3 Å². The third-order valence-electron chi connectivity index (χ3n) is 4.15. The molecule has 1 aliphatic heterocycles. The molecule has 128 valence electrons. The summed E-state index contributed by atoms with van der Waals surface area (Å²) in [5, 5.41) is 7.15. The van der Waals surface area contributed by atoms with Crippen molar-refractivity contribution in [3.8, 4) is 11.5 Å². The molecule has 1 aliphatic rings. The average molecular weight is 329 g/mol. The Bertz CT molecular complexity index is 752. The Labute approximate surface area is 141 Å². The van der Waals surface area contributed by atoms with Crippen molar-refractivity contribution in [2.24, 2.45) is 13.0 Å². The quantitative estimate of drug-likeness (QED) is 0.916. The van der Waals surface area contributed by atoms with Crippen LogP contribution >= 0.6 is 0 Å². The van der Waals surface area contributed by atoms with Crippen molar-refractivity contribution in [2.45, 2.75) is 26.2 Å². The summed E-state index contributed by atoms with van der Waals surface area (Å²) in [6.45, 7) is 4.84. The molecule has 3 rings (SSSR count). The van der Waals surface area contributed by atoms with Gasteiger partial charge in [0.25, 0.3) is 0 Å². The number of nitrogens with zero attached hydrogens (tertiary/aromatic N) is 2. The highest BCUT2D eigenvalue weighted by Crippen LogP contribution is 2.39. The third-order valence-corrected chi connectivity index (χ3v) is 4.15. The molecule has 2 heterocycles. The largest absolute Gasteiger partial charge is 0.493 e. The van der Waals surface area contributed by atoms with Crippen LogP contribution in [0.15, 0.2) is 24.4 Å². The molecule has 1 amide bonds. The summed E-state index contributed by atoms with van der Waals surface area (Å²) < 4.78 is 13.0.